The van der Waals surface area contributed by atoms with Crippen molar-refractivity contribution in [1.82, 2.24) is 9.97 Å². The molecule has 70 valence electrons. The molecule has 0 amide bonds. The lowest BCUT2D eigenvalue weighted by Gasteiger charge is -2.23. The van der Waals surface area contributed by atoms with Crippen LogP contribution in [0.3, 0.4) is 0 Å². The van der Waals surface area contributed by atoms with Crippen LogP contribution in [0.1, 0.15) is 12.1 Å². The standard InChI is InChI=1S/C9H13N3O/c10-5-9(2-4-13-6-9)8-1-3-11-7-12-8/h1,3,7H,2,4-6,10H2. The highest BCUT2D eigenvalue weighted by Gasteiger charge is 2.36. The van der Waals surface area contributed by atoms with Crippen LogP contribution in [-0.2, 0) is 10.2 Å². The van der Waals surface area contributed by atoms with Gasteiger partial charge in [0.2, 0.25) is 0 Å². The van der Waals surface area contributed by atoms with Crippen molar-refractivity contribution in [3.05, 3.63) is 24.3 Å². The first-order valence-electron chi connectivity index (χ1n) is 4.42. The maximum atomic E-state index is 5.76. The Bertz CT molecular complexity index is 269. The molecule has 0 saturated carbocycles. The molecule has 0 bridgehead atoms. The molecule has 1 fully saturated rings. The molecule has 0 aliphatic carbocycles. The summed E-state index contributed by atoms with van der Waals surface area (Å²) in [6.07, 6.45) is 4.27. The van der Waals surface area contributed by atoms with E-state index in [0.29, 0.717) is 13.2 Å². The zero-order valence-electron chi connectivity index (χ0n) is 7.44. The summed E-state index contributed by atoms with van der Waals surface area (Å²) in [6, 6.07) is 1.92. The number of ether oxygens (including phenoxy) is 1. The van der Waals surface area contributed by atoms with E-state index in [0.717, 1.165) is 18.7 Å². The van der Waals surface area contributed by atoms with Crippen molar-refractivity contribution in [1.29, 1.82) is 0 Å². The summed E-state index contributed by atoms with van der Waals surface area (Å²) < 4.78 is 5.37. The minimum atomic E-state index is -0.0665. The number of hydrogen-bond donors (Lipinski definition) is 1. The van der Waals surface area contributed by atoms with Crippen LogP contribution in [0, 0.1) is 0 Å². The molecule has 4 heteroatoms. The average Bonchev–Trinajstić information content (AvgIpc) is 2.69. The van der Waals surface area contributed by atoms with Crippen LogP contribution in [0.5, 0.6) is 0 Å². The largest absolute Gasteiger partial charge is 0.380 e. The summed E-state index contributed by atoms with van der Waals surface area (Å²) in [4.78, 5) is 8.12. The molecule has 2 rings (SSSR count). The van der Waals surface area contributed by atoms with Gasteiger partial charge in [-0.2, -0.15) is 0 Å². The third-order valence-electron chi connectivity index (χ3n) is 2.62. The molecule has 13 heavy (non-hydrogen) atoms. The van der Waals surface area contributed by atoms with E-state index in [1.54, 1.807) is 12.5 Å². The van der Waals surface area contributed by atoms with Gasteiger partial charge in [0, 0.05) is 19.3 Å². The van der Waals surface area contributed by atoms with Crippen molar-refractivity contribution < 1.29 is 4.74 Å². The van der Waals surface area contributed by atoms with Gasteiger partial charge in [0.25, 0.3) is 0 Å². The molecule has 1 unspecified atom stereocenters. The van der Waals surface area contributed by atoms with Gasteiger partial charge in [0.15, 0.2) is 0 Å². The van der Waals surface area contributed by atoms with Crippen LogP contribution < -0.4 is 5.73 Å². The van der Waals surface area contributed by atoms with E-state index >= 15 is 0 Å². The molecule has 1 atom stereocenters. The summed E-state index contributed by atoms with van der Waals surface area (Å²) in [5, 5.41) is 0. The maximum absolute atomic E-state index is 5.76. The van der Waals surface area contributed by atoms with E-state index in [2.05, 4.69) is 9.97 Å². The van der Waals surface area contributed by atoms with Gasteiger partial charge in [-0.3, -0.25) is 0 Å². The Labute approximate surface area is 77.1 Å². The van der Waals surface area contributed by atoms with E-state index in [1.807, 2.05) is 6.07 Å². The predicted molar refractivity (Wildman–Crippen MR) is 48.2 cm³/mol. The van der Waals surface area contributed by atoms with Crippen LogP contribution in [0.15, 0.2) is 18.6 Å². The van der Waals surface area contributed by atoms with Crippen molar-refractivity contribution in [3.8, 4) is 0 Å². The number of nitrogens with zero attached hydrogens (tertiary/aromatic N) is 2. The SMILES string of the molecule is NCC1(c2ccncn2)CCOC1. The highest BCUT2D eigenvalue weighted by atomic mass is 16.5. The van der Waals surface area contributed by atoms with Crippen molar-refractivity contribution in [2.45, 2.75) is 11.8 Å². The van der Waals surface area contributed by atoms with Crippen LogP contribution >= 0.6 is 0 Å². The molecule has 0 spiro atoms. The summed E-state index contributed by atoms with van der Waals surface area (Å²) >= 11 is 0. The van der Waals surface area contributed by atoms with Crippen LogP contribution in [0.2, 0.25) is 0 Å². The van der Waals surface area contributed by atoms with Crippen molar-refractivity contribution in [2.75, 3.05) is 19.8 Å². The maximum Gasteiger partial charge on any atom is 0.115 e. The van der Waals surface area contributed by atoms with Crippen molar-refractivity contribution in [3.63, 3.8) is 0 Å². The van der Waals surface area contributed by atoms with Crippen LogP contribution in [0.25, 0.3) is 0 Å². The van der Waals surface area contributed by atoms with Gasteiger partial charge in [-0.25, -0.2) is 9.97 Å². The Morgan fingerprint density at radius 2 is 2.54 bits per heavy atom. The van der Waals surface area contributed by atoms with Crippen molar-refractivity contribution >= 4 is 0 Å². The van der Waals surface area contributed by atoms with Gasteiger partial charge in [-0.05, 0) is 12.5 Å². The lowest BCUT2D eigenvalue weighted by Crippen LogP contribution is -2.36. The van der Waals surface area contributed by atoms with Gasteiger partial charge < -0.3 is 10.5 Å². The molecular formula is C9H13N3O. The van der Waals surface area contributed by atoms with Gasteiger partial charge in [0.1, 0.15) is 6.33 Å². The second-order valence-corrected chi connectivity index (χ2v) is 3.38. The number of rotatable bonds is 2. The smallest absolute Gasteiger partial charge is 0.115 e. The zero-order valence-corrected chi connectivity index (χ0v) is 7.44. The Morgan fingerprint density at radius 1 is 1.62 bits per heavy atom. The first-order chi connectivity index (χ1) is 6.37. The summed E-state index contributed by atoms with van der Waals surface area (Å²) in [7, 11) is 0. The molecule has 1 aromatic heterocycles. The Hall–Kier alpha value is -1.00. The fourth-order valence-electron chi connectivity index (χ4n) is 1.68. The normalized spacial score (nSPS) is 27.8. The quantitative estimate of drug-likeness (QED) is 0.699. The minimum absolute atomic E-state index is 0.0665. The second kappa shape index (κ2) is 3.40. The average molecular weight is 179 g/mol. The second-order valence-electron chi connectivity index (χ2n) is 3.38. The molecule has 4 nitrogen and oxygen atoms in total. The molecule has 1 saturated heterocycles. The zero-order chi connectivity index (χ0) is 9.15. The fourth-order valence-corrected chi connectivity index (χ4v) is 1.68. The van der Waals surface area contributed by atoms with Crippen molar-refractivity contribution in [2.24, 2.45) is 5.73 Å². The minimum Gasteiger partial charge on any atom is -0.380 e. The molecule has 0 radical (unpaired) electrons. The summed E-state index contributed by atoms with van der Waals surface area (Å²) in [5.41, 5.74) is 6.70. The summed E-state index contributed by atoms with van der Waals surface area (Å²) in [5.74, 6) is 0. The van der Waals surface area contributed by atoms with E-state index in [4.69, 9.17) is 10.5 Å². The van der Waals surface area contributed by atoms with E-state index < -0.39 is 0 Å². The van der Waals surface area contributed by atoms with E-state index in [-0.39, 0.29) is 5.41 Å². The summed E-state index contributed by atoms with van der Waals surface area (Å²) in [6.45, 7) is 2.05. The van der Waals surface area contributed by atoms with Gasteiger partial charge in [0.05, 0.1) is 17.7 Å². The highest BCUT2D eigenvalue weighted by molar-refractivity contribution is 5.17. The predicted octanol–water partition coefficient (Wildman–Crippen LogP) is 0.0934. The lowest BCUT2D eigenvalue weighted by molar-refractivity contribution is 0.177. The molecule has 2 N–H and O–H groups in total. The Kier molecular flexibility index (Phi) is 2.24. The Balaban J connectivity index is 2.31. The molecular weight excluding hydrogens is 166 g/mol. The first kappa shape index (κ1) is 8.59. The molecule has 0 aromatic carbocycles. The number of hydrogen-bond acceptors (Lipinski definition) is 4. The topological polar surface area (TPSA) is 61.0 Å². The lowest BCUT2D eigenvalue weighted by atomic mass is 9.84. The number of aromatic nitrogens is 2. The molecule has 1 aromatic rings. The van der Waals surface area contributed by atoms with Gasteiger partial charge in [-0.1, -0.05) is 0 Å². The third-order valence-corrected chi connectivity index (χ3v) is 2.62. The molecule has 1 aliphatic heterocycles. The first-order valence-corrected chi connectivity index (χ1v) is 4.42. The monoisotopic (exact) mass is 179 g/mol. The Morgan fingerprint density at radius 3 is 3.08 bits per heavy atom. The fraction of sp³-hybridized carbons (Fsp3) is 0.556. The van der Waals surface area contributed by atoms with Crippen LogP contribution in [0.4, 0.5) is 0 Å². The third kappa shape index (κ3) is 1.43. The van der Waals surface area contributed by atoms with Gasteiger partial charge >= 0.3 is 0 Å². The molecule has 1 aliphatic rings. The number of nitrogens with two attached hydrogens (primary N) is 1. The van der Waals surface area contributed by atoms with Gasteiger partial charge in [-0.15, -0.1) is 0 Å². The molecule has 2 heterocycles. The van der Waals surface area contributed by atoms with E-state index in [1.165, 1.54) is 0 Å². The van der Waals surface area contributed by atoms with Crippen LogP contribution in [-0.4, -0.2) is 29.7 Å². The van der Waals surface area contributed by atoms with E-state index in [9.17, 15) is 0 Å². The highest BCUT2D eigenvalue weighted by Crippen LogP contribution is 2.30.